The lowest BCUT2D eigenvalue weighted by molar-refractivity contribution is -0.142. The molecule has 0 aromatic heterocycles. The average Bonchev–Trinajstić information content (AvgIpc) is 2.85. The molecule has 0 atom stereocenters. The van der Waals surface area contributed by atoms with Gasteiger partial charge in [0.1, 0.15) is 0 Å². The first-order valence-corrected chi connectivity index (χ1v) is 6.62. The fraction of sp³-hybridized carbons (Fsp3) is 0.533. The fourth-order valence-corrected chi connectivity index (χ4v) is 2.51. The number of nitrogens with zero attached hydrogens (tertiary/aromatic N) is 1. The van der Waals surface area contributed by atoms with Gasteiger partial charge in [-0.25, -0.2) is 0 Å². The van der Waals surface area contributed by atoms with E-state index in [9.17, 15) is 4.79 Å². The van der Waals surface area contributed by atoms with E-state index in [0.29, 0.717) is 6.54 Å². The summed E-state index contributed by atoms with van der Waals surface area (Å²) < 4.78 is 4.71. The highest BCUT2D eigenvalue weighted by atomic mass is 16.5. The van der Waals surface area contributed by atoms with Crippen LogP contribution in [0.25, 0.3) is 0 Å². The summed E-state index contributed by atoms with van der Waals surface area (Å²) in [6.07, 6.45) is 3.69. The van der Waals surface area contributed by atoms with Crippen molar-refractivity contribution in [2.24, 2.45) is 0 Å². The molecule has 0 spiro atoms. The maximum atomic E-state index is 11.3. The molecule has 98 valence electrons. The highest BCUT2D eigenvalue weighted by Crippen LogP contribution is 2.23. The van der Waals surface area contributed by atoms with Crippen LogP contribution in [0.2, 0.25) is 0 Å². The van der Waals surface area contributed by atoms with Crippen molar-refractivity contribution in [1.29, 1.82) is 0 Å². The van der Waals surface area contributed by atoms with Crippen LogP contribution < -0.4 is 0 Å². The second-order valence-electron chi connectivity index (χ2n) is 4.84. The molecule has 1 aromatic carbocycles. The molecule has 3 heteroatoms. The molecule has 18 heavy (non-hydrogen) atoms. The van der Waals surface area contributed by atoms with Crippen LogP contribution in [0.1, 0.15) is 30.0 Å². The molecule has 1 aliphatic rings. The molecule has 0 heterocycles. The minimum Gasteiger partial charge on any atom is -0.468 e. The molecule has 1 aromatic rings. The lowest BCUT2D eigenvalue weighted by atomic mass is 10.1. The maximum absolute atomic E-state index is 11.3. The van der Waals surface area contributed by atoms with Gasteiger partial charge in [0.25, 0.3) is 0 Å². The zero-order chi connectivity index (χ0) is 13.0. The summed E-state index contributed by atoms with van der Waals surface area (Å²) >= 11 is 0. The molecular weight excluding hydrogens is 226 g/mol. The summed E-state index contributed by atoms with van der Waals surface area (Å²) in [5.41, 5.74) is 4.28. The normalized spacial score (nSPS) is 13.7. The molecule has 3 nitrogen and oxygen atoms in total. The van der Waals surface area contributed by atoms with Crippen molar-refractivity contribution in [3.8, 4) is 0 Å². The number of esters is 1. The Hall–Kier alpha value is -1.35. The van der Waals surface area contributed by atoms with Crippen molar-refractivity contribution in [3.05, 3.63) is 34.9 Å². The number of likely N-dealkylation sites (N-methyl/N-ethyl adjacent to an activating group) is 1. The zero-order valence-corrected chi connectivity index (χ0v) is 11.2. The molecule has 0 aliphatic heterocycles. The lowest BCUT2D eigenvalue weighted by Gasteiger charge is -2.19. The second-order valence-corrected chi connectivity index (χ2v) is 4.84. The summed E-state index contributed by atoms with van der Waals surface area (Å²) in [4.78, 5) is 13.4. The SMILES string of the molecule is CCN(CC(=O)OC)Cc1ccc2c(c1)CCC2. The third kappa shape index (κ3) is 3.10. The quantitative estimate of drug-likeness (QED) is 0.747. The number of benzene rings is 1. The number of ether oxygens (including phenoxy) is 1. The Balaban J connectivity index is 2.01. The van der Waals surface area contributed by atoms with Crippen LogP contribution in [0, 0.1) is 0 Å². The summed E-state index contributed by atoms with van der Waals surface area (Å²) in [5.74, 6) is -0.169. The number of hydrogen-bond donors (Lipinski definition) is 0. The molecule has 0 bridgehead atoms. The van der Waals surface area contributed by atoms with Gasteiger partial charge in [0.05, 0.1) is 13.7 Å². The van der Waals surface area contributed by atoms with E-state index in [1.165, 1.54) is 43.1 Å². The van der Waals surface area contributed by atoms with Crippen molar-refractivity contribution in [2.45, 2.75) is 32.7 Å². The highest BCUT2D eigenvalue weighted by molar-refractivity contribution is 5.71. The fourth-order valence-electron chi connectivity index (χ4n) is 2.51. The highest BCUT2D eigenvalue weighted by Gasteiger charge is 2.13. The lowest BCUT2D eigenvalue weighted by Crippen LogP contribution is -2.30. The number of aryl methyl sites for hydroxylation is 2. The number of methoxy groups -OCH3 is 1. The summed E-state index contributed by atoms with van der Waals surface area (Å²) in [6.45, 7) is 4.10. The van der Waals surface area contributed by atoms with Crippen molar-refractivity contribution in [1.82, 2.24) is 4.90 Å². The first-order valence-electron chi connectivity index (χ1n) is 6.62. The minimum atomic E-state index is -0.169. The van der Waals surface area contributed by atoms with E-state index in [4.69, 9.17) is 4.74 Å². The third-order valence-electron chi connectivity index (χ3n) is 3.60. The topological polar surface area (TPSA) is 29.5 Å². The predicted molar refractivity (Wildman–Crippen MR) is 71.4 cm³/mol. The van der Waals surface area contributed by atoms with Crippen LogP contribution in [0.5, 0.6) is 0 Å². The van der Waals surface area contributed by atoms with Gasteiger partial charge in [0.15, 0.2) is 0 Å². The van der Waals surface area contributed by atoms with E-state index >= 15 is 0 Å². The number of carbonyl (C=O) groups excluding carboxylic acids is 1. The maximum Gasteiger partial charge on any atom is 0.319 e. The van der Waals surface area contributed by atoms with Crippen molar-refractivity contribution in [2.75, 3.05) is 20.2 Å². The Labute approximate surface area is 109 Å². The Morgan fingerprint density at radius 1 is 1.33 bits per heavy atom. The Morgan fingerprint density at radius 2 is 2.11 bits per heavy atom. The summed E-state index contributed by atoms with van der Waals surface area (Å²) in [6, 6.07) is 6.72. The van der Waals surface area contributed by atoms with Crippen LogP contribution in [0.15, 0.2) is 18.2 Å². The molecule has 0 radical (unpaired) electrons. The molecule has 0 unspecified atom stereocenters. The molecule has 0 saturated carbocycles. The van der Waals surface area contributed by atoms with Crippen LogP contribution >= 0.6 is 0 Å². The molecule has 0 saturated heterocycles. The minimum absolute atomic E-state index is 0.169. The number of carbonyl (C=O) groups is 1. The van der Waals surface area contributed by atoms with Gasteiger partial charge in [-0.1, -0.05) is 25.1 Å². The van der Waals surface area contributed by atoms with Gasteiger partial charge in [-0.05, 0) is 42.5 Å². The van der Waals surface area contributed by atoms with Crippen molar-refractivity contribution >= 4 is 5.97 Å². The molecule has 0 fully saturated rings. The van der Waals surface area contributed by atoms with E-state index in [-0.39, 0.29) is 5.97 Å². The van der Waals surface area contributed by atoms with Gasteiger partial charge in [0, 0.05) is 6.54 Å². The Kier molecular flexibility index (Phi) is 4.37. The summed E-state index contributed by atoms with van der Waals surface area (Å²) in [5, 5.41) is 0. The molecule has 1 aliphatic carbocycles. The third-order valence-corrected chi connectivity index (χ3v) is 3.60. The standard InChI is InChI=1S/C15H21NO2/c1-3-16(11-15(17)18-2)10-12-7-8-13-5-4-6-14(13)9-12/h7-9H,3-6,10-11H2,1-2H3. The first-order chi connectivity index (χ1) is 8.72. The number of hydrogen-bond acceptors (Lipinski definition) is 3. The van der Waals surface area contributed by atoms with Gasteiger partial charge in [-0.15, -0.1) is 0 Å². The van der Waals surface area contributed by atoms with E-state index in [1.807, 2.05) is 0 Å². The monoisotopic (exact) mass is 247 g/mol. The first kappa shape index (κ1) is 13.1. The number of fused-ring (bicyclic) bond motifs is 1. The summed E-state index contributed by atoms with van der Waals surface area (Å²) in [7, 11) is 1.44. The van der Waals surface area contributed by atoms with Crippen LogP contribution in [-0.2, 0) is 28.9 Å². The molecular formula is C15H21NO2. The smallest absolute Gasteiger partial charge is 0.319 e. The second kappa shape index (κ2) is 6.01. The number of rotatable bonds is 5. The average molecular weight is 247 g/mol. The van der Waals surface area contributed by atoms with E-state index in [2.05, 4.69) is 30.0 Å². The van der Waals surface area contributed by atoms with Crippen molar-refractivity contribution < 1.29 is 9.53 Å². The van der Waals surface area contributed by atoms with E-state index in [1.54, 1.807) is 0 Å². The molecule has 0 amide bonds. The van der Waals surface area contributed by atoms with Gasteiger partial charge < -0.3 is 4.74 Å². The zero-order valence-electron chi connectivity index (χ0n) is 11.2. The Morgan fingerprint density at radius 3 is 2.83 bits per heavy atom. The van der Waals surface area contributed by atoms with Gasteiger partial charge in [-0.2, -0.15) is 0 Å². The molecule has 2 rings (SSSR count). The van der Waals surface area contributed by atoms with Crippen LogP contribution in [-0.4, -0.2) is 31.1 Å². The predicted octanol–water partition coefficient (Wildman–Crippen LogP) is 2.17. The van der Waals surface area contributed by atoms with Crippen LogP contribution in [0.3, 0.4) is 0 Å². The van der Waals surface area contributed by atoms with Gasteiger partial charge in [0.2, 0.25) is 0 Å². The van der Waals surface area contributed by atoms with E-state index in [0.717, 1.165) is 13.1 Å². The molecule has 0 N–H and O–H groups in total. The Bertz CT molecular complexity index is 429. The van der Waals surface area contributed by atoms with E-state index < -0.39 is 0 Å². The van der Waals surface area contributed by atoms with Gasteiger partial charge >= 0.3 is 5.97 Å². The van der Waals surface area contributed by atoms with Gasteiger partial charge in [-0.3, -0.25) is 9.69 Å². The van der Waals surface area contributed by atoms with Crippen molar-refractivity contribution in [3.63, 3.8) is 0 Å². The largest absolute Gasteiger partial charge is 0.468 e. The van der Waals surface area contributed by atoms with Crippen LogP contribution in [0.4, 0.5) is 0 Å².